The second kappa shape index (κ2) is 8.69. The zero-order chi connectivity index (χ0) is 20.9. The van der Waals surface area contributed by atoms with Gasteiger partial charge in [-0.1, -0.05) is 61.5 Å². The summed E-state index contributed by atoms with van der Waals surface area (Å²) in [7, 11) is 0. The molecule has 4 rings (SSSR count). The number of Topliss-reactive ketones (excluding diaryl/α,β-unsaturated/α-hetero) is 1. The molecule has 30 heavy (non-hydrogen) atoms. The van der Waals surface area contributed by atoms with Crippen molar-refractivity contribution in [2.45, 2.75) is 26.3 Å². The van der Waals surface area contributed by atoms with Gasteiger partial charge in [0.2, 0.25) is 17.5 Å². The average Bonchev–Trinajstić information content (AvgIpc) is 3.27. The quantitative estimate of drug-likeness (QED) is 0.371. The van der Waals surface area contributed by atoms with Gasteiger partial charge in [0.05, 0.1) is 13.0 Å². The predicted molar refractivity (Wildman–Crippen MR) is 116 cm³/mol. The number of nitrogens with zero attached hydrogens (tertiary/aromatic N) is 3. The van der Waals surface area contributed by atoms with Crippen molar-refractivity contribution in [1.82, 2.24) is 15.2 Å². The summed E-state index contributed by atoms with van der Waals surface area (Å²) < 4.78 is 0. The Bertz CT molecular complexity index is 1180. The fourth-order valence-corrected chi connectivity index (χ4v) is 3.34. The van der Waals surface area contributed by atoms with Crippen LogP contribution >= 0.6 is 0 Å². The second-order valence-electron chi connectivity index (χ2n) is 7.06. The van der Waals surface area contributed by atoms with Crippen molar-refractivity contribution in [1.29, 1.82) is 0 Å². The van der Waals surface area contributed by atoms with E-state index in [1.165, 1.54) is 0 Å². The first-order valence-corrected chi connectivity index (χ1v) is 9.91. The van der Waals surface area contributed by atoms with Crippen LogP contribution in [0.4, 0.5) is 5.69 Å². The van der Waals surface area contributed by atoms with Crippen LogP contribution in [0.2, 0.25) is 0 Å². The van der Waals surface area contributed by atoms with Crippen LogP contribution in [0.25, 0.3) is 10.8 Å². The number of aromatic amines is 1. The van der Waals surface area contributed by atoms with Crippen molar-refractivity contribution >= 4 is 28.2 Å². The van der Waals surface area contributed by atoms with Crippen molar-refractivity contribution in [3.8, 4) is 0 Å². The number of nitrogens with one attached hydrogen (secondary N) is 1. The van der Waals surface area contributed by atoms with Crippen LogP contribution in [0.1, 0.15) is 35.4 Å². The summed E-state index contributed by atoms with van der Waals surface area (Å²) in [5.74, 6) is -0.00149. The molecule has 1 aromatic heterocycles. The number of anilines is 1. The van der Waals surface area contributed by atoms with Gasteiger partial charge in [-0.05, 0) is 34.5 Å². The van der Waals surface area contributed by atoms with Crippen LogP contribution in [-0.4, -0.2) is 26.9 Å². The SMILES string of the molecule is CCc1nc(C(=O)CC(=O)N(Cc2ccc3ccccc3c2)c2ccccc2)n[nH]1. The summed E-state index contributed by atoms with van der Waals surface area (Å²) in [5.41, 5.74) is 1.73. The van der Waals surface area contributed by atoms with Gasteiger partial charge in [0.1, 0.15) is 5.82 Å². The van der Waals surface area contributed by atoms with Gasteiger partial charge in [0.15, 0.2) is 0 Å². The predicted octanol–water partition coefficient (Wildman–Crippen LogP) is 4.33. The molecule has 0 bridgehead atoms. The largest absolute Gasteiger partial charge is 0.308 e. The number of amides is 1. The molecule has 3 aromatic carbocycles. The minimum atomic E-state index is -0.393. The van der Waals surface area contributed by atoms with E-state index in [-0.39, 0.29) is 18.2 Å². The fourth-order valence-electron chi connectivity index (χ4n) is 3.34. The number of hydrogen-bond donors (Lipinski definition) is 1. The smallest absolute Gasteiger partial charge is 0.235 e. The molecule has 0 atom stereocenters. The normalized spacial score (nSPS) is 10.8. The number of carbonyl (C=O) groups is 2. The first-order valence-electron chi connectivity index (χ1n) is 9.91. The molecule has 1 heterocycles. The molecule has 1 amide bonds. The molecule has 0 radical (unpaired) electrons. The minimum absolute atomic E-state index is 0.0546. The molecule has 150 valence electrons. The monoisotopic (exact) mass is 398 g/mol. The Morgan fingerprint density at radius 1 is 0.933 bits per heavy atom. The van der Waals surface area contributed by atoms with E-state index in [1.807, 2.05) is 67.6 Å². The molecular weight excluding hydrogens is 376 g/mol. The van der Waals surface area contributed by atoms with E-state index in [4.69, 9.17) is 0 Å². The highest BCUT2D eigenvalue weighted by molar-refractivity contribution is 6.10. The summed E-state index contributed by atoms with van der Waals surface area (Å²) in [6.45, 7) is 2.29. The van der Waals surface area contributed by atoms with Gasteiger partial charge in [0, 0.05) is 12.1 Å². The van der Waals surface area contributed by atoms with Crippen molar-refractivity contribution in [2.24, 2.45) is 0 Å². The molecular formula is C24H22N4O2. The Balaban J connectivity index is 1.59. The number of hydrogen-bond acceptors (Lipinski definition) is 4. The number of aryl methyl sites for hydroxylation is 1. The number of aromatic nitrogens is 3. The zero-order valence-corrected chi connectivity index (χ0v) is 16.7. The van der Waals surface area contributed by atoms with E-state index in [0.29, 0.717) is 18.8 Å². The maximum absolute atomic E-state index is 13.1. The summed E-state index contributed by atoms with van der Waals surface area (Å²) in [6, 6.07) is 23.6. The maximum Gasteiger partial charge on any atom is 0.235 e. The molecule has 0 aliphatic heterocycles. The molecule has 0 saturated carbocycles. The second-order valence-corrected chi connectivity index (χ2v) is 7.06. The van der Waals surface area contributed by atoms with Gasteiger partial charge >= 0.3 is 0 Å². The molecule has 4 aromatic rings. The van der Waals surface area contributed by atoms with Crippen LogP contribution in [0.5, 0.6) is 0 Å². The average molecular weight is 398 g/mol. The molecule has 0 aliphatic carbocycles. The highest BCUT2D eigenvalue weighted by Gasteiger charge is 2.22. The van der Waals surface area contributed by atoms with Crippen molar-refractivity contribution in [3.63, 3.8) is 0 Å². The minimum Gasteiger partial charge on any atom is -0.308 e. The van der Waals surface area contributed by atoms with E-state index < -0.39 is 5.78 Å². The lowest BCUT2D eigenvalue weighted by Gasteiger charge is -2.23. The van der Waals surface area contributed by atoms with E-state index in [9.17, 15) is 9.59 Å². The van der Waals surface area contributed by atoms with Crippen LogP contribution in [0, 0.1) is 0 Å². The van der Waals surface area contributed by atoms with Crippen LogP contribution in [0.15, 0.2) is 72.8 Å². The van der Waals surface area contributed by atoms with Gasteiger partial charge in [-0.3, -0.25) is 14.7 Å². The zero-order valence-electron chi connectivity index (χ0n) is 16.7. The number of para-hydroxylation sites is 1. The molecule has 0 spiro atoms. The molecule has 0 aliphatic rings. The lowest BCUT2D eigenvalue weighted by molar-refractivity contribution is -0.117. The third-order valence-electron chi connectivity index (χ3n) is 4.95. The standard InChI is InChI=1S/C24H22N4O2/c1-2-22-25-24(27-26-22)21(29)15-23(30)28(20-10-4-3-5-11-20)16-17-12-13-18-8-6-7-9-19(18)14-17/h3-14H,2,15-16H2,1H3,(H,25,26,27). The molecule has 6 nitrogen and oxygen atoms in total. The molecule has 1 N–H and O–H groups in total. The van der Waals surface area contributed by atoms with Gasteiger partial charge in [-0.2, -0.15) is 5.10 Å². The topological polar surface area (TPSA) is 79.0 Å². The Labute approximate surface area is 174 Å². The van der Waals surface area contributed by atoms with Crippen molar-refractivity contribution in [3.05, 3.63) is 90.0 Å². The lowest BCUT2D eigenvalue weighted by Crippen LogP contribution is -2.32. The molecule has 0 fully saturated rings. The van der Waals surface area contributed by atoms with E-state index >= 15 is 0 Å². The van der Waals surface area contributed by atoms with Gasteiger partial charge < -0.3 is 4.90 Å². The van der Waals surface area contributed by atoms with Crippen LogP contribution < -0.4 is 4.90 Å². The Morgan fingerprint density at radius 2 is 1.67 bits per heavy atom. The number of ketones is 1. The van der Waals surface area contributed by atoms with E-state index in [0.717, 1.165) is 22.0 Å². The Morgan fingerprint density at radius 3 is 2.40 bits per heavy atom. The highest BCUT2D eigenvalue weighted by atomic mass is 16.2. The fraction of sp³-hybridized carbons (Fsp3) is 0.167. The van der Waals surface area contributed by atoms with Crippen molar-refractivity contribution in [2.75, 3.05) is 4.90 Å². The number of benzene rings is 3. The van der Waals surface area contributed by atoms with E-state index in [2.05, 4.69) is 27.3 Å². The van der Waals surface area contributed by atoms with Crippen LogP contribution in [-0.2, 0) is 17.8 Å². The van der Waals surface area contributed by atoms with Crippen LogP contribution in [0.3, 0.4) is 0 Å². The summed E-state index contributed by atoms with van der Waals surface area (Å²) >= 11 is 0. The lowest BCUT2D eigenvalue weighted by atomic mass is 10.1. The first-order chi connectivity index (χ1) is 14.6. The Hall–Kier alpha value is -3.80. The number of fused-ring (bicyclic) bond motifs is 1. The van der Waals surface area contributed by atoms with Crippen molar-refractivity contribution < 1.29 is 9.59 Å². The summed E-state index contributed by atoms with van der Waals surface area (Å²) in [5, 5.41) is 8.91. The van der Waals surface area contributed by atoms with Gasteiger partial charge in [0.25, 0.3) is 0 Å². The van der Waals surface area contributed by atoms with Gasteiger partial charge in [-0.25, -0.2) is 4.98 Å². The third kappa shape index (κ3) is 4.27. The maximum atomic E-state index is 13.1. The highest BCUT2D eigenvalue weighted by Crippen LogP contribution is 2.21. The molecule has 0 unspecified atom stereocenters. The Kier molecular flexibility index (Phi) is 5.66. The summed E-state index contributed by atoms with van der Waals surface area (Å²) in [4.78, 5) is 31.4. The number of H-pyrrole nitrogens is 1. The first kappa shape index (κ1) is 19.5. The third-order valence-corrected chi connectivity index (χ3v) is 4.95. The number of carbonyl (C=O) groups excluding carboxylic acids is 2. The van der Waals surface area contributed by atoms with E-state index in [1.54, 1.807) is 4.90 Å². The summed E-state index contributed by atoms with van der Waals surface area (Å²) in [6.07, 6.45) is 0.357. The number of rotatable bonds is 7. The van der Waals surface area contributed by atoms with Gasteiger partial charge in [-0.15, -0.1) is 0 Å². The molecule has 0 saturated heterocycles. The molecule has 6 heteroatoms.